The van der Waals surface area contributed by atoms with E-state index in [1.807, 2.05) is 0 Å². The molecule has 1 heterocycles. The van der Waals surface area contributed by atoms with Crippen LogP contribution in [-0.4, -0.2) is 19.1 Å². The molecular weight excluding hydrogens is 244 g/mol. The highest BCUT2D eigenvalue weighted by molar-refractivity contribution is 5.51. The highest BCUT2D eigenvalue weighted by atomic mass is 15.2. The molecule has 0 radical (unpaired) electrons. The van der Waals surface area contributed by atoms with E-state index in [4.69, 9.17) is 0 Å². The van der Waals surface area contributed by atoms with E-state index in [1.165, 1.54) is 69.3 Å². The molecular formula is C18H26N2. The lowest BCUT2D eigenvalue weighted by molar-refractivity contribution is 0.139. The Kier molecular flexibility index (Phi) is 3.22. The fraction of sp³-hybridized carbons (Fsp3) is 0.667. The molecule has 0 atom stereocenters. The summed E-state index contributed by atoms with van der Waals surface area (Å²) in [4.78, 5) is 2.59. The summed E-state index contributed by atoms with van der Waals surface area (Å²) in [6, 6.07) is 9.97. The van der Waals surface area contributed by atoms with E-state index < -0.39 is 0 Å². The molecule has 1 saturated heterocycles. The maximum atomic E-state index is 3.61. The topological polar surface area (TPSA) is 15.3 Å². The molecule has 1 aromatic rings. The second-order valence-electron chi connectivity index (χ2n) is 7.24. The first kappa shape index (κ1) is 12.7. The minimum Gasteiger partial charge on any atom is -0.370 e. The lowest BCUT2D eigenvalue weighted by Gasteiger charge is -2.53. The number of nitrogens with zero attached hydrogens (tertiary/aromatic N) is 1. The third-order valence-electron chi connectivity index (χ3n) is 5.41. The van der Waals surface area contributed by atoms with Crippen molar-refractivity contribution in [2.45, 2.75) is 57.5 Å². The van der Waals surface area contributed by atoms with Crippen LogP contribution in [0, 0.1) is 5.41 Å². The predicted octanol–water partition coefficient (Wildman–Crippen LogP) is 3.71. The Morgan fingerprint density at radius 3 is 2.65 bits per heavy atom. The van der Waals surface area contributed by atoms with Gasteiger partial charge in [-0.3, -0.25) is 0 Å². The smallest absolute Gasteiger partial charge is 0.0369 e. The molecule has 0 unspecified atom stereocenters. The van der Waals surface area contributed by atoms with E-state index in [0.717, 1.165) is 12.6 Å². The molecule has 1 aliphatic heterocycles. The van der Waals surface area contributed by atoms with Gasteiger partial charge in [-0.1, -0.05) is 31.4 Å². The first-order valence-electron chi connectivity index (χ1n) is 8.40. The molecule has 20 heavy (non-hydrogen) atoms. The quantitative estimate of drug-likeness (QED) is 0.897. The van der Waals surface area contributed by atoms with Crippen LogP contribution in [0.25, 0.3) is 0 Å². The highest BCUT2D eigenvalue weighted by Gasteiger charge is 2.43. The van der Waals surface area contributed by atoms with Gasteiger partial charge in [0.15, 0.2) is 0 Å². The zero-order valence-corrected chi connectivity index (χ0v) is 12.4. The van der Waals surface area contributed by atoms with Gasteiger partial charge in [0.1, 0.15) is 0 Å². The number of anilines is 1. The van der Waals surface area contributed by atoms with Crippen LogP contribution >= 0.6 is 0 Å². The second kappa shape index (κ2) is 5.07. The molecule has 1 N–H and O–H groups in total. The van der Waals surface area contributed by atoms with E-state index in [0.29, 0.717) is 5.41 Å². The SMILES string of the molecule is c1cc(CNC2CC2)cc(N2CC3(CCCCC3)C2)c1. The van der Waals surface area contributed by atoms with E-state index in [-0.39, 0.29) is 0 Å². The van der Waals surface area contributed by atoms with Crippen molar-refractivity contribution in [2.75, 3.05) is 18.0 Å². The van der Waals surface area contributed by atoms with Crippen molar-refractivity contribution < 1.29 is 0 Å². The lowest BCUT2D eigenvalue weighted by atomic mass is 9.68. The molecule has 2 heteroatoms. The lowest BCUT2D eigenvalue weighted by Crippen LogP contribution is -2.57. The number of hydrogen-bond acceptors (Lipinski definition) is 2. The van der Waals surface area contributed by atoms with Gasteiger partial charge in [0, 0.05) is 36.8 Å². The number of hydrogen-bond donors (Lipinski definition) is 1. The van der Waals surface area contributed by atoms with Crippen LogP contribution in [-0.2, 0) is 6.54 Å². The van der Waals surface area contributed by atoms with Crippen molar-refractivity contribution in [3.63, 3.8) is 0 Å². The average Bonchev–Trinajstić information content (AvgIpc) is 3.28. The van der Waals surface area contributed by atoms with Crippen LogP contribution in [0.3, 0.4) is 0 Å². The summed E-state index contributed by atoms with van der Waals surface area (Å²) in [6.45, 7) is 3.64. The summed E-state index contributed by atoms with van der Waals surface area (Å²) in [5, 5.41) is 3.61. The number of rotatable bonds is 4. The third-order valence-corrected chi connectivity index (χ3v) is 5.41. The Morgan fingerprint density at radius 2 is 1.90 bits per heavy atom. The molecule has 0 aromatic heterocycles. The third kappa shape index (κ3) is 2.58. The van der Waals surface area contributed by atoms with Crippen LogP contribution < -0.4 is 10.2 Å². The van der Waals surface area contributed by atoms with Crippen molar-refractivity contribution in [1.82, 2.24) is 5.32 Å². The first-order valence-corrected chi connectivity index (χ1v) is 8.40. The summed E-state index contributed by atoms with van der Waals surface area (Å²) in [6.07, 6.45) is 10.0. The Labute approximate surface area is 122 Å². The van der Waals surface area contributed by atoms with E-state index in [2.05, 4.69) is 34.5 Å². The van der Waals surface area contributed by atoms with E-state index in [9.17, 15) is 0 Å². The summed E-state index contributed by atoms with van der Waals surface area (Å²) < 4.78 is 0. The van der Waals surface area contributed by atoms with Crippen molar-refractivity contribution in [1.29, 1.82) is 0 Å². The maximum absolute atomic E-state index is 3.61. The van der Waals surface area contributed by atoms with Crippen LogP contribution in [0.15, 0.2) is 24.3 Å². The Hall–Kier alpha value is -1.02. The molecule has 1 aromatic carbocycles. The zero-order chi connectivity index (χ0) is 13.4. The standard InChI is InChI=1S/C18H26N2/c1-2-9-18(10-3-1)13-20(14-18)17-6-4-5-15(11-17)12-19-16-7-8-16/h4-6,11,16,19H,1-3,7-10,12-14H2. The fourth-order valence-electron chi connectivity index (χ4n) is 3.98. The highest BCUT2D eigenvalue weighted by Crippen LogP contribution is 2.45. The van der Waals surface area contributed by atoms with Gasteiger partial charge in [-0.2, -0.15) is 0 Å². The van der Waals surface area contributed by atoms with Crippen LogP contribution in [0.5, 0.6) is 0 Å². The van der Waals surface area contributed by atoms with Gasteiger partial charge in [0.05, 0.1) is 0 Å². The minimum absolute atomic E-state index is 0.681. The van der Waals surface area contributed by atoms with Crippen molar-refractivity contribution >= 4 is 5.69 Å². The number of benzene rings is 1. The molecule has 3 aliphatic rings. The molecule has 2 aliphatic carbocycles. The van der Waals surface area contributed by atoms with Gasteiger partial charge in [0.25, 0.3) is 0 Å². The van der Waals surface area contributed by atoms with Gasteiger partial charge in [-0.25, -0.2) is 0 Å². The summed E-state index contributed by atoms with van der Waals surface area (Å²) >= 11 is 0. The molecule has 0 bridgehead atoms. The van der Waals surface area contributed by atoms with Gasteiger partial charge >= 0.3 is 0 Å². The fourth-order valence-corrected chi connectivity index (χ4v) is 3.98. The van der Waals surface area contributed by atoms with Gasteiger partial charge in [-0.05, 0) is 43.4 Å². The monoisotopic (exact) mass is 270 g/mol. The minimum atomic E-state index is 0.681. The summed E-state index contributed by atoms with van der Waals surface area (Å²) in [7, 11) is 0. The van der Waals surface area contributed by atoms with Crippen molar-refractivity contribution in [3.05, 3.63) is 29.8 Å². The molecule has 4 rings (SSSR count). The van der Waals surface area contributed by atoms with Crippen LogP contribution in [0.2, 0.25) is 0 Å². The molecule has 2 saturated carbocycles. The van der Waals surface area contributed by atoms with Crippen molar-refractivity contribution in [3.8, 4) is 0 Å². The van der Waals surface area contributed by atoms with E-state index >= 15 is 0 Å². The van der Waals surface area contributed by atoms with Crippen LogP contribution in [0.4, 0.5) is 5.69 Å². The summed E-state index contributed by atoms with van der Waals surface area (Å²) in [5.74, 6) is 0. The first-order chi connectivity index (χ1) is 9.83. The molecule has 2 nitrogen and oxygen atoms in total. The Balaban J connectivity index is 1.37. The van der Waals surface area contributed by atoms with Gasteiger partial charge < -0.3 is 10.2 Å². The zero-order valence-electron chi connectivity index (χ0n) is 12.4. The normalized spacial score (nSPS) is 24.7. The molecule has 3 fully saturated rings. The predicted molar refractivity (Wildman–Crippen MR) is 84.0 cm³/mol. The van der Waals surface area contributed by atoms with Gasteiger partial charge in [-0.15, -0.1) is 0 Å². The Morgan fingerprint density at radius 1 is 1.10 bits per heavy atom. The summed E-state index contributed by atoms with van der Waals surface area (Å²) in [5.41, 5.74) is 3.57. The van der Waals surface area contributed by atoms with Crippen molar-refractivity contribution in [2.24, 2.45) is 5.41 Å². The number of nitrogens with one attached hydrogen (secondary N) is 1. The average molecular weight is 270 g/mol. The maximum Gasteiger partial charge on any atom is 0.0369 e. The van der Waals surface area contributed by atoms with Gasteiger partial charge in [0.2, 0.25) is 0 Å². The van der Waals surface area contributed by atoms with Crippen LogP contribution in [0.1, 0.15) is 50.5 Å². The molecule has 108 valence electrons. The molecule has 1 spiro atoms. The second-order valence-corrected chi connectivity index (χ2v) is 7.24. The largest absolute Gasteiger partial charge is 0.370 e. The molecule has 0 amide bonds. The van der Waals surface area contributed by atoms with E-state index in [1.54, 1.807) is 0 Å². The Bertz CT molecular complexity index is 464.